The number of phenolic OH excluding ortho intramolecular Hbond substituents is 1. The Labute approximate surface area is 364 Å². The number of rotatable bonds is 17. The second-order valence-electron chi connectivity index (χ2n) is 17.4. The molecule has 13 nitrogen and oxygen atoms in total. The zero-order chi connectivity index (χ0) is 43.4. The third-order valence-electron chi connectivity index (χ3n) is 13.4. The third kappa shape index (κ3) is 8.89. The van der Waals surface area contributed by atoms with Gasteiger partial charge in [0.15, 0.2) is 23.0 Å². The highest BCUT2D eigenvalue weighted by Gasteiger charge is 2.61. The Morgan fingerprint density at radius 3 is 2.23 bits per heavy atom. The van der Waals surface area contributed by atoms with Gasteiger partial charge >= 0.3 is 17.9 Å². The first-order valence-corrected chi connectivity index (χ1v) is 23.5. The minimum atomic E-state index is -1.20. The molecular formula is C47H63N3O10S. The topological polar surface area (TPSA) is 157 Å². The van der Waals surface area contributed by atoms with E-state index in [9.17, 15) is 24.8 Å². The van der Waals surface area contributed by atoms with Crippen molar-refractivity contribution in [3.05, 3.63) is 39.4 Å². The fourth-order valence-electron chi connectivity index (χ4n) is 10.5. The van der Waals surface area contributed by atoms with Gasteiger partial charge in [0.1, 0.15) is 18.4 Å². The summed E-state index contributed by atoms with van der Waals surface area (Å²) in [5.41, 5.74) is 4.28. The average Bonchev–Trinajstić information content (AvgIpc) is 3.72. The van der Waals surface area contributed by atoms with Gasteiger partial charge in [-0.05, 0) is 44.9 Å². The molecule has 7 atom stereocenters. The maximum atomic E-state index is 13.9. The highest BCUT2D eigenvalue weighted by atomic mass is 32.2. The number of phenols is 1. The molecule has 2 aromatic rings. The summed E-state index contributed by atoms with van der Waals surface area (Å²) in [5, 5.41) is 22.5. The van der Waals surface area contributed by atoms with Gasteiger partial charge in [0.05, 0.1) is 30.5 Å². The van der Waals surface area contributed by atoms with E-state index in [1.807, 2.05) is 27.0 Å². The summed E-state index contributed by atoms with van der Waals surface area (Å²) in [4.78, 5) is 44.4. The number of piperazine rings is 1. The Morgan fingerprint density at radius 1 is 0.934 bits per heavy atom. The van der Waals surface area contributed by atoms with Gasteiger partial charge in [-0.2, -0.15) is 5.26 Å². The van der Waals surface area contributed by atoms with Crippen LogP contribution in [0.15, 0.2) is 6.07 Å². The second-order valence-corrected chi connectivity index (χ2v) is 18.5. The SMILES string of the molecule is CCCCCCCCCCCCCCCC(=O)OC1CS[C@@H]2c3c(OC(C)=O)c(C)c4c(c3[C@H](COC1=O)N1C2[C@H]2c3c(cc(C)c(OC)c3O)C[C@@H]([C@@H]1C#N)N2C)OCO4. The number of hydrogen-bond acceptors (Lipinski definition) is 14. The maximum absolute atomic E-state index is 13.9. The highest BCUT2D eigenvalue weighted by Crippen LogP contribution is 2.64. The molecule has 6 aliphatic heterocycles. The molecule has 0 spiro atoms. The number of carbonyl (C=O) groups is 3. The van der Waals surface area contributed by atoms with E-state index in [1.165, 1.54) is 83.6 Å². The molecule has 4 bridgehead atoms. The van der Waals surface area contributed by atoms with Gasteiger partial charge in [-0.1, -0.05) is 90.0 Å². The summed E-state index contributed by atoms with van der Waals surface area (Å²) in [6.45, 7) is 7.03. The molecule has 8 rings (SSSR count). The van der Waals surface area contributed by atoms with Gasteiger partial charge in [0.25, 0.3) is 0 Å². The third-order valence-corrected chi connectivity index (χ3v) is 14.7. The Balaban J connectivity index is 1.16. The number of thioether (sulfide) groups is 1. The number of benzene rings is 2. The smallest absolute Gasteiger partial charge is 0.348 e. The van der Waals surface area contributed by atoms with Crippen molar-refractivity contribution in [1.82, 2.24) is 9.80 Å². The molecule has 61 heavy (non-hydrogen) atoms. The minimum absolute atomic E-state index is 0.0302. The molecular weight excluding hydrogens is 799 g/mol. The first kappa shape index (κ1) is 44.9. The molecule has 2 aromatic carbocycles. The lowest BCUT2D eigenvalue weighted by molar-refractivity contribution is -0.169. The largest absolute Gasteiger partial charge is 0.504 e. The lowest BCUT2D eigenvalue weighted by atomic mass is 9.71. The summed E-state index contributed by atoms with van der Waals surface area (Å²) in [7, 11) is 3.51. The molecule has 0 saturated carbocycles. The molecule has 0 amide bonds. The number of aryl methyl sites for hydroxylation is 1. The van der Waals surface area contributed by atoms with Gasteiger partial charge in [0, 0.05) is 53.4 Å². The number of unbranched alkanes of at least 4 members (excludes halogenated alkanes) is 12. The number of esters is 3. The predicted octanol–water partition coefficient (Wildman–Crippen LogP) is 8.62. The Bertz CT molecular complexity index is 2000. The average molecular weight is 862 g/mol. The van der Waals surface area contributed by atoms with Gasteiger partial charge in [-0.25, -0.2) is 4.79 Å². The molecule has 0 radical (unpaired) electrons. The predicted molar refractivity (Wildman–Crippen MR) is 230 cm³/mol. The van der Waals surface area contributed by atoms with E-state index in [0.717, 1.165) is 30.4 Å². The van der Waals surface area contributed by atoms with Crippen molar-refractivity contribution < 1.29 is 47.9 Å². The molecule has 0 aromatic heterocycles. The van der Waals surface area contributed by atoms with Crippen molar-refractivity contribution in [2.45, 2.75) is 166 Å². The van der Waals surface area contributed by atoms with Crippen molar-refractivity contribution in [1.29, 1.82) is 5.26 Å². The lowest BCUT2D eigenvalue weighted by Crippen LogP contribution is -2.69. The van der Waals surface area contributed by atoms with Crippen LogP contribution < -0.4 is 18.9 Å². The van der Waals surface area contributed by atoms with Crippen molar-refractivity contribution >= 4 is 29.7 Å². The molecule has 0 aliphatic carbocycles. The van der Waals surface area contributed by atoms with Crippen LogP contribution in [-0.2, 0) is 30.3 Å². The number of methoxy groups -OCH3 is 1. The molecule has 6 aliphatic rings. The van der Waals surface area contributed by atoms with E-state index in [4.69, 9.17) is 28.4 Å². The summed E-state index contributed by atoms with van der Waals surface area (Å²) < 4.78 is 36.0. The molecule has 2 unspecified atom stereocenters. The second kappa shape index (κ2) is 19.9. The zero-order valence-electron chi connectivity index (χ0n) is 36.7. The van der Waals surface area contributed by atoms with Gasteiger partial charge < -0.3 is 33.5 Å². The van der Waals surface area contributed by atoms with Crippen molar-refractivity contribution in [2.24, 2.45) is 0 Å². The van der Waals surface area contributed by atoms with Crippen molar-refractivity contribution in [2.75, 3.05) is 33.3 Å². The lowest BCUT2D eigenvalue weighted by Gasteiger charge is -2.61. The van der Waals surface area contributed by atoms with Crippen LogP contribution in [0.5, 0.6) is 28.7 Å². The van der Waals surface area contributed by atoms with E-state index in [2.05, 4.69) is 22.8 Å². The number of nitrogens with zero attached hydrogens (tertiary/aromatic N) is 3. The normalized spacial score (nSPS) is 25.1. The van der Waals surface area contributed by atoms with Crippen LogP contribution in [-0.4, -0.2) is 90.4 Å². The fraction of sp³-hybridized carbons (Fsp3) is 0.660. The zero-order valence-corrected chi connectivity index (χ0v) is 37.5. The summed E-state index contributed by atoms with van der Waals surface area (Å²) >= 11 is 1.38. The number of aromatic hydroxyl groups is 1. The Morgan fingerprint density at radius 2 is 1.59 bits per heavy atom. The highest BCUT2D eigenvalue weighted by molar-refractivity contribution is 7.99. The fourth-order valence-corrected chi connectivity index (χ4v) is 12.0. The van der Waals surface area contributed by atoms with E-state index in [1.54, 1.807) is 0 Å². The van der Waals surface area contributed by atoms with E-state index in [-0.39, 0.29) is 37.4 Å². The van der Waals surface area contributed by atoms with Crippen molar-refractivity contribution in [3.8, 4) is 34.8 Å². The number of hydrogen-bond donors (Lipinski definition) is 1. The van der Waals surface area contributed by atoms with E-state index < -0.39 is 53.4 Å². The summed E-state index contributed by atoms with van der Waals surface area (Å²) in [6.07, 6.45) is 15.0. The Kier molecular flexibility index (Phi) is 14.6. The van der Waals surface area contributed by atoms with E-state index >= 15 is 0 Å². The first-order chi connectivity index (χ1) is 29.5. The standard InChI is InChI=1S/C47H63N3O10S/c1-7-8-9-10-11-12-13-14-15-16-17-18-19-20-35(52)60-34-25-61-46-38-37(45-44(57-26-58-45)28(3)43(38)59-29(4)51)33(24-56-47(34)54)50-32(23-48)31-22-30-21-27(2)42(55-6)41(53)36(30)39(40(46)50)49(31)5/h21,31-34,39-40,46,53H,7-20,22,24-26H2,1-6H3/t31-,32-,33-,34?,39+,40?,46+/m0/s1. The number of nitriles is 1. The summed E-state index contributed by atoms with van der Waals surface area (Å²) in [6, 6.07) is 1.89. The molecule has 6 heterocycles. The van der Waals surface area contributed by atoms with Gasteiger partial charge in [0.2, 0.25) is 12.9 Å². The number of likely N-dealkylation sites (N-methyl/N-ethyl adjacent to an activating group) is 1. The molecule has 2 fully saturated rings. The quantitative estimate of drug-likeness (QED) is 0.0916. The molecule has 332 valence electrons. The van der Waals surface area contributed by atoms with Gasteiger partial charge in [-0.3, -0.25) is 19.4 Å². The number of ether oxygens (including phenoxy) is 6. The molecule has 2 saturated heterocycles. The minimum Gasteiger partial charge on any atom is -0.504 e. The van der Waals surface area contributed by atoms with Crippen LogP contribution in [0, 0.1) is 25.2 Å². The van der Waals surface area contributed by atoms with Crippen LogP contribution in [0.3, 0.4) is 0 Å². The van der Waals surface area contributed by atoms with E-state index in [0.29, 0.717) is 58.1 Å². The van der Waals surface area contributed by atoms with Crippen LogP contribution in [0.4, 0.5) is 0 Å². The maximum Gasteiger partial charge on any atom is 0.348 e. The Hall–Kier alpha value is -4.19. The molecule has 14 heteroatoms. The monoisotopic (exact) mass is 861 g/mol. The number of fused-ring (bicyclic) bond motifs is 10. The van der Waals surface area contributed by atoms with Crippen LogP contribution >= 0.6 is 11.8 Å². The van der Waals surface area contributed by atoms with Crippen molar-refractivity contribution in [3.63, 3.8) is 0 Å². The van der Waals surface area contributed by atoms with Gasteiger partial charge in [-0.15, -0.1) is 11.8 Å². The molecule has 1 N–H and O–H groups in total. The first-order valence-electron chi connectivity index (χ1n) is 22.4. The number of carbonyl (C=O) groups excluding carboxylic acids is 3. The van der Waals surface area contributed by atoms with Crippen LogP contribution in [0.2, 0.25) is 0 Å². The summed E-state index contributed by atoms with van der Waals surface area (Å²) in [5.74, 6) is 0.00270. The van der Waals surface area contributed by atoms with Crippen LogP contribution in [0.25, 0.3) is 0 Å². The van der Waals surface area contributed by atoms with Crippen LogP contribution in [0.1, 0.15) is 154 Å².